The predicted octanol–water partition coefficient (Wildman–Crippen LogP) is 1.19. The van der Waals surface area contributed by atoms with Gasteiger partial charge >= 0.3 is 12.1 Å². The Kier molecular flexibility index (Phi) is 4.53. The van der Waals surface area contributed by atoms with E-state index in [9.17, 15) is 22.8 Å². The molecule has 0 aliphatic rings. The maximum absolute atomic E-state index is 12.6. The Bertz CT molecular complexity index is 544. The highest BCUT2D eigenvalue weighted by Crippen LogP contribution is 2.31. The Balaban J connectivity index is 3.19. The number of carbonyl (C=O) groups is 2. The zero-order valence-corrected chi connectivity index (χ0v) is 10.2. The minimum absolute atomic E-state index is 0.0519. The number of carboxylic acids is 1. The number of nitrogen functional groups attached to an aromatic ring is 1. The summed E-state index contributed by atoms with van der Waals surface area (Å²) < 4.78 is 37.8. The fourth-order valence-electron chi connectivity index (χ4n) is 1.68. The van der Waals surface area contributed by atoms with E-state index in [2.05, 4.69) is 4.98 Å². The molecule has 0 aliphatic carbocycles. The number of nitrogens with zero attached hydrogens (tertiary/aromatic N) is 1. The van der Waals surface area contributed by atoms with Gasteiger partial charge in [0.1, 0.15) is 11.5 Å². The first kappa shape index (κ1) is 15.7. The van der Waals surface area contributed by atoms with Crippen LogP contribution in [0.1, 0.15) is 34.5 Å². The molecule has 5 N–H and O–H groups in total. The van der Waals surface area contributed by atoms with Crippen LogP contribution in [-0.4, -0.2) is 22.0 Å². The van der Waals surface area contributed by atoms with Crippen LogP contribution in [0, 0.1) is 0 Å². The van der Waals surface area contributed by atoms with Gasteiger partial charge in [-0.3, -0.25) is 9.59 Å². The van der Waals surface area contributed by atoms with Gasteiger partial charge in [-0.15, -0.1) is 0 Å². The molecule has 1 rings (SSSR count). The number of hydrogen-bond donors (Lipinski definition) is 3. The topological polar surface area (TPSA) is 119 Å². The zero-order chi connectivity index (χ0) is 15.5. The van der Waals surface area contributed by atoms with E-state index in [1.54, 1.807) is 0 Å². The van der Waals surface area contributed by atoms with Crippen molar-refractivity contribution in [3.05, 3.63) is 22.9 Å². The number of amides is 1. The number of aryl methyl sites for hydroxylation is 1. The van der Waals surface area contributed by atoms with Gasteiger partial charge in [0, 0.05) is 6.42 Å². The molecule has 110 valence electrons. The van der Waals surface area contributed by atoms with Crippen molar-refractivity contribution in [3.8, 4) is 0 Å². The first-order chi connectivity index (χ1) is 9.12. The third-order valence-corrected chi connectivity index (χ3v) is 2.50. The van der Waals surface area contributed by atoms with E-state index in [1.165, 1.54) is 0 Å². The molecule has 0 fully saturated rings. The average Bonchev–Trinajstić information content (AvgIpc) is 2.25. The van der Waals surface area contributed by atoms with Crippen molar-refractivity contribution in [3.63, 3.8) is 0 Å². The second-order valence-corrected chi connectivity index (χ2v) is 4.04. The number of pyridine rings is 1. The molecule has 9 heteroatoms. The highest BCUT2D eigenvalue weighted by molar-refractivity contribution is 5.98. The van der Waals surface area contributed by atoms with Crippen LogP contribution < -0.4 is 11.5 Å². The molecule has 0 spiro atoms. The van der Waals surface area contributed by atoms with E-state index in [0.29, 0.717) is 6.07 Å². The van der Waals surface area contributed by atoms with E-state index >= 15 is 0 Å². The summed E-state index contributed by atoms with van der Waals surface area (Å²) in [6.45, 7) is 0. The Hall–Kier alpha value is -2.32. The Morgan fingerprint density at radius 1 is 1.35 bits per heavy atom. The molecule has 0 radical (unpaired) electrons. The van der Waals surface area contributed by atoms with Crippen molar-refractivity contribution in [1.82, 2.24) is 4.98 Å². The van der Waals surface area contributed by atoms with Gasteiger partial charge in [0.2, 0.25) is 0 Å². The first-order valence-electron chi connectivity index (χ1n) is 5.51. The number of aromatic nitrogens is 1. The molecule has 6 nitrogen and oxygen atoms in total. The van der Waals surface area contributed by atoms with Crippen molar-refractivity contribution >= 4 is 17.7 Å². The molecule has 1 amide bonds. The van der Waals surface area contributed by atoms with Crippen molar-refractivity contribution in [1.29, 1.82) is 0 Å². The summed E-state index contributed by atoms with van der Waals surface area (Å²) in [6, 6.07) is 0.665. The van der Waals surface area contributed by atoms with E-state index in [0.717, 1.165) is 0 Å². The van der Waals surface area contributed by atoms with E-state index < -0.39 is 29.6 Å². The minimum Gasteiger partial charge on any atom is -0.481 e. The van der Waals surface area contributed by atoms with Crippen LogP contribution in [0.3, 0.4) is 0 Å². The summed E-state index contributed by atoms with van der Waals surface area (Å²) in [5, 5.41) is 8.50. The molecule has 0 saturated heterocycles. The summed E-state index contributed by atoms with van der Waals surface area (Å²) in [4.78, 5) is 24.7. The van der Waals surface area contributed by atoms with E-state index in [-0.39, 0.29) is 30.4 Å². The van der Waals surface area contributed by atoms with Crippen LogP contribution in [0.5, 0.6) is 0 Å². The standard InChI is InChI=1S/C11H12F3N3O3/c12-11(13,14)6-4-5(2-1-3-7(18)19)8(10(16)20)9(15)17-6/h4H,1-3H2,(H2,15,17)(H2,16,20)(H,18,19). The monoisotopic (exact) mass is 291 g/mol. The van der Waals surface area contributed by atoms with Crippen molar-refractivity contribution in [2.45, 2.75) is 25.4 Å². The molecule has 0 aromatic carbocycles. The fourth-order valence-corrected chi connectivity index (χ4v) is 1.68. The maximum Gasteiger partial charge on any atom is 0.433 e. The SMILES string of the molecule is NC(=O)c1c(CCCC(=O)O)cc(C(F)(F)F)nc1N. The average molecular weight is 291 g/mol. The molecule has 1 aromatic heterocycles. The second-order valence-electron chi connectivity index (χ2n) is 4.04. The Morgan fingerprint density at radius 2 is 1.95 bits per heavy atom. The smallest absolute Gasteiger partial charge is 0.433 e. The zero-order valence-electron chi connectivity index (χ0n) is 10.2. The number of carbonyl (C=O) groups excluding carboxylic acids is 1. The summed E-state index contributed by atoms with van der Waals surface area (Å²) in [5.41, 5.74) is 8.77. The number of anilines is 1. The number of nitrogens with two attached hydrogens (primary N) is 2. The molecule has 1 aromatic rings. The van der Waals surface area contributed by atoms with Gasteiger partial charge < -0.3 is 16.6 Å². The minimum atomic E-state index is -4.72. The van der Waals surface area contributed by atoms with Gasteiger partial charge in [-0.05, 0) is 24.5 Å². The van der Waals surface area contributed by atoms with Crippen LogP contribution in [0.2, 0.25) is 0 Å². The van der Waals surface area contributed by atoms with Gasteiger partial charge in [0.15, 0.2) is 0 Å². The number of hydrogen-bond acceptors (Lipinski definition) is 4. The van der Waals surface area contributed by atoms with E-state index in [4.69, 9.17) is 16.6 Å². The predicted molar refractivity (Wildman–Crippen MR) is 62.7 cm³/mol. The van der Waals surface area contributed by atoms with Gasteiger partial charge in [-0.2, -0.15) is 13.2 Å². The molecular weight excluding hydrogens is 279 g/mol. The van der Waals surface area contributed by atoms with Crippen LogP contribution in [0.25, 0.3) is 0 Å². The van der Waals surface area contributed by atoms with Gasteiger partial charge in [-0.25, -0.2) is 4.98 Å². The highest BCUT2D eigenvalue weighted by Gasteiger charge is 2.34. The van der Waals surface area contributed by atoms with Crippen molar-refractivity contribution < 1.29 is 27.9 Å². The Labute approximate surface area is 111 Å². The van der Waals surface area contributed by atoms with Crippen LogP contribution in [0.15, 0.2) is 6.07 Å². The third kappa shape index (κ3) is 3.84. The molecule has 20 heavy (non-hydrogen) atoms. The highest BCUT2D eigenvalue weighted by atomic mass is 19.4. The lowest BCUT2D eigenvalue weighted by Crippen LogP contribution is -2.20. The molecule has 0 aliphatic heterocycles. The van der Waals surface area contributed by atoms with Gasteiger partial charge in [0.05, 0.1) is 5.56 Å². The largest absolute Gasteiger partial charge is 0.481 e. The third-order valence-electron chi connectivity index (χ3n) is 2.50. The number of carboxylic acid groups (broad SMARTS) is 1. The Morgan fingerprint density at radius 3 is 2.40 bits per heavy atom. The number of halogens is 3. The summed E-state index contributed by atoms with van der Waals surface area (Å²) >= 11 is 0. The number of rotatable bonds is 5. The van der Waals surface area contributed by atoms with E-state index in [1.807, 2.05) is 0 Å². The molecule has 1 heterocycles. The fraction of sp³-hybridized carbons (Fsp3) is 0.364. The van der Waals surface area contributed by atoms with Crippen LogP contribution in [0.4, 0.5) is 19.0 Å². The van der Waals surface area contributed by atoms with Crippen LogP contribution >= 0.6 is 0 Å². The quantitative estimate of drug-likeness (QED) is 0.752. The molecule has 0 atom stereocenters. The molecule has 0 unspecified atom stereocenters. The number of primary amides is 1. The molecule has 0 bridgehead atoms. The summed E-state index contributed by atoms with van der Waals surface area (Å²) in [6.07, 6.45) is -4.98. The normalized spacial score (nSPS) is 11.3. The lowest BCUT2D eigenvalue weighted by atomic mass is 10.0. The van der Waals surface area contributed by atoms with Crippen molar-refractivity contribution in [2.24, 2.45) is 5.73 Å². The lowest BCUT2D eigenvalue weighted by molar-refractivity contribution is -0.141. The first-order valence-corrected chi connectivity index (χ1v) is 5.51. The number of alkyl halides is 3. The summed E-state index contributed by atoms with van der Waals surface area (Å²) in [7, 11) is 0. The second kappa shape index (κ2) is 5.76. The number of aliphatic carboxylic acids is 1. The maximum atomic E-state index is 12.6. The van der Waals surface area contributed by atoms with Gasteiger partial charge in [0.25, 0.3) is 5.91 Å². The molecule has 0 saturated carbocycles. The van der Waals surface area contributed by atoms with Gasteiger partial charge in [-0.1, -0.05) is 0 Å². The summed E-state index contributed by atoms with van der Waals surface area (Å²) in [5.74, 6) is -2.71. The van der Waals surface area contributed by atoms with Crippen LogP contribution in [-0.2, 0) is 17.4 Å². The molecular formula is C11H12F3N3O3. The lowest BCUT2D eigenvalue weighted by Gasteiger charge is -2.13. The van der Waals surface area contributed by atoms with Crippen molar-refractivity contribution in [2.75, 3.05) is 5.73 Å².